The van der Waals surface area contributed by atoms with Gasteiger partial charge in [-0.25, -0.2) is 0 Å². The molecule has 94 valence electrons. The summed E-state index contributed by atoms with van der Waals surface area (Å²) in [5.74, 6) is 0.401. The molecule has 0 bridgehead atoms. The Morgan fingerprint density at radius 2 is 2.12 bits per heavy atom. The first-order valence-corrected chi connectivity index (χ1v) is 5.54. The van der Waals surface area contributed by atoms with Gasteiger partial charge in [0.1, 0.15) is 0 Å². The molecule has 1 aromatic carbocycles. The molecular weight excluding hydrogens is 228 g/mol. The molecule has 0 spiro atoms. The molecule has 1 fully saturated rings. The number of ether oxygens (including phenoxy) is 2. The van der Waals surface area contributed by atoms with Gasteiger partial charge in [0.2, 0.25) is 0 Å². The van der Waals surface area contributed by atoms with Gasteiger partial charge in [0.05, 0.1) is 7.11 Å². The van der Waals surface area contributed by atoms with Crippen LogP contribution in [0.5, 0.6) is 11.5 Å². The van der Waals surface area contributed by atoms with Crippen molar-refractivity contribution < 1.29 is 18.3 Å². The fraction of sp³-hybridized carbons (Fsp3) is 0.500. The molecule has 1 aliphatic carbocycles. The van der Waals surface area contributed by atoms with Crippen molar-refractivity contribution in [3.05, 3.63) is 23.8 Å². The van der Waals surface area contributed by atoms with Crippen LogP contribution < -0.4 is 14.8 Å². The van der Waals surface area contributed by atoms with Crippen LogP contribution in [0.25, 0.3) is 0 Å². The summed E-state index contributed by atoms with van der Waals surface area (Å²) in [6.45, 7) is -2.18. The van der Waals surface area contributed by atoms with Crippen molar-refractivity contribution in [2.24, 2.45) is 0 Å². The van der Waals surface area contributed by atoms with Gasteiger partial charge in [-0.15, -0.1) is 0 Å². The van der Waals surface area contributed by atoms with E-state index in [9.17, 15) is 8.78 Å². The Hall–Kier alpha value is -1.36. The molecule has 0 atom stereocenters. The lowest BCUT2D eigenvalue weighted by atomic mass is 10.2. The lowest BCUT2D eigenvalue weighted by molar-refractivity contribution is -0.0512. The van der Waals surface area contributed by atoms with Gasteiger partial charge < -0.3 is 14.8 Å². The molecule has 0 aliphatic heterocycles. The summed E-state index contributed by atoms with van der Waals surface area (Å²) in [5, 5.41) is 3.31. The van der Waals surface area contributed by atoms with Gasteiger partial charge in [-0.05, 0) is 30.5 Å². The van der Waals surface area contributed by atoms with E-state index < -0.39 is 6.61 Å². The highest BCUT2D eigenvalue weighted by Gasteiger charge is 2.20. The molecule has 0 aromatic heterocycles. The predicted molar refractivity (Wildman–Crippen MR) is 59.5 cm³/mol. The monoisotopic (exact) mass is 243 g/mol. The molecule has 5 heteroatoms. The van der Waals surface area contributed by atoms with E-state index in [4.69, 9.17) is 4.74 Å². The van der Waals surface area contributed by atoms with E-state index in [-0.39, 0.29) is 5.75 Å². The van der Waals surface area contributed by atoms with Crippen molar-refractivity contribution in [1.29, 1.82) is 0 Å². The zero-order valence-electron chi connectivity index (χ0n) is 9.58. The summed E-state index contributed by atoms with van der Waals surface area (Å²) in [7, 11) is 1.43. The summed E-state index contributed by atoms with van der Waals surface area (Å²) in [4.78, 5) is 0. The first-order chi connectivity index (χ1) is 8.19. The third-order valence-corrected chi connectivity index (χ3v) is 2.62. The van der Waals surface area contributed by atoms with Gasteiger partial charge in [-0.1, -0.05) is 6.07 Å². The number of halogens is 2. The normalized spacial score (nSPS) is 15.1. The third-order valence-electron chi connectivity index (χ3n) is 2.62. The van der Waals surface area contributed by atoms with Gasteiger partial charge in [0.25, 0.3) is 0 Å². The van der Waals surface area contributed by atoms with Crippen LogP contribution in [0.4, 0.5) is 8.78 Å². The summed E-state index contributed by atoms with van der Waals surface area (Å²) in [6, 6.07) is 5.64. The summed E-state index contributed by atoms with van der Waals surface area (Å²) in [5.41, 5.74) is 0.911. The summed E-state index contributed by atoms with van der Waals surface area (Å²) < 4.78 is 33.8. The number of hydrogen-bond acceptors (Lipinski definition) is 3. The van der Waals surface area contributed by atoms with Crippen LogP contribution in [0.15, 0.2) is 18.2 Å². The number of alkyl halides is 2. The van der Waals surface area contributed by atoms with Crippen molar-refractivity contribution in [1.82, 2.24) is 5.32 Å². The van der Waals surface area contributed by atoms with E-state index in [1.807, 2.05) is 6.07 Å². The molecule has 0 heterocycles. The first-order valence-electron chi connectivity index (χ1n) is 5.54. The van der Waals surface area contributed by atoms with Gasteiger partial charge in [-0.2, -0.15) is 8.78 Å². The van der Waals surface area contributed by atoms with Crippen LogP contribution in [0.2, 0.25) is 0 Å². The van der Waals surface area contributed by atoms with E-state index in [0.29, 0.717) is 18.3 Å². The molecule has 0 saturated heterocycles. The lowest BCUT2D eigenvalue weighted by Gasteiger charge is -2.11. The maximum absolute atomic E-state index is 12.2. The highest BCUT2D eigenvalue weighted by Crippen LogP contribution is 2.29. The maximum atomic E-state index is 12.2. The molecule has 0 radical (unpaired) electrons. The number of benzene rings is 1. The predicted octanol–water partition coefficient (Wildman–Crippen LogP) is 2.55. The zero-order valence-corrected chi connectivity index (χ0v) is 9.58. The second kappa shape index (κ2) is 5.31. The standard InChI is InChI=1S/C12H15F2NO2/c1-16-10-5-2-8(7-15-9-3-4-9)6-11(10)17-12(13)14/h2,5-6,9,12,15H,3-4,7H2,1H3. The minimum absolute atomic E-state index is 0.0811. The van der Waals surface area contributed by atoms with Crippen LogP contribution in [0, 0.1) is 0 Å². The van der Waals surface area contributed by atoms with Gasteiger partial charge in [0.15, 0.2) is 11.5 Å². The molecule has 0 amide bonds. The highest BCUT2D eigenvalue weighted by atomic mass is 19.3. The molecule has 3 nitrogen and oxygen atoms in total. The van der Waals surface area contributed by atoms with Crippen LogP contribution in [0.1, 0.15) is 18.4 Å². The SMILES string of the molecule is COc1ccc(CNC2CC2)cc1OC(F)F. The van der Waals surface area contributed by atoms with Gasteiger partial charge >= 0.3 is 6.61 Å². The van der Waals surface area contributed by atoms with E-state index >= 15 is 0 Å². The van der Waals surface area contributed by atoms with Crippen LogP contribution >= 0.6 is 0 Å². The number of hydrogen-bond donors (Lipinski definition) is 1. The molecule has 2 rings (SSSR count). The van der Waals surface area contributed by atoms with E-state index in [0.717, 1.165) is 5.56 Å². The van der Waals surface area contributed by atoms with Gasteiger partial charge in [0, 0.05) is 12.6 Å². The first kappa shape index (κ1) is 12.1. The second-order valence-electron chi connectivity index (χ2n) is 4.02. The highest BCUT2D eigenvalue weighted by molar-refractivity contribution is 5.43. The van der Waals surface area contributed by atoms with Crippen LogP contribution in [-0.4, -0.2) is 19.8 Å². The molecule has 1 N–H and O–H groups in total. The number of rotatable bonds is 6. The van der Waals surface area contributed by atoms with Gasteiger partial charge in [-0.3, -0.25) is 0 Å². The largest absolute Gasteiger partial charge is 0.493 e. The number of nitrogens with one attached hydrogen (secondary N) is 1. The molecular formula is C12H15F2NO2. The molecule has 1 aromatic rings. The smallest absolute Gasteiger partial charge is 0.387 e. The fourth-order valence-electron chi connectivity index (χ4n) is 1.57. The van der Waals surface area contributed by atoms with E-state index in [1.165, 1.54) is 20.0 Å². The Balaban J connectivity index is 2.05. The minimum atomic E-state index is -2.84. The topological polar surface area (TPSA) is 30.5 Å². The Morgan fingerprint density at radius 1 is 1.35 bits per heavy atom. The van der Waals surface area contributed by atoms with Crippen molar-refractivity contribution in [3.8, 4) is 11.5 Å². The average molecular weight is 243 g/mol. The maximum Gasteiger partial charge on any atom is 0.387 e. The molecule has 1 saturated carbocycles. The van der Waals surface area contributed by atoms with E-state index in [1.54, 1.807) is 12.1 Å². The number of methoxy groups -OCH3 is 1. The summed E-state index contributed by atoms with van der Waals surface area (Å²) >= 11 is 0. The van der Waals surface area contributed by atoms with Crippen LogP contribution in [-0.2, 0) is 6.54 Å². The Labute approximate surface area is 98.7 Å². The Morgan fingerprint density at radius 3 is 2.71 bits per heavy atom. The summed E-state index contributed by atoms with van der Waals surface area (Å²) in [6.07, 6.45) is 2.38. The fourth-order valence-corrected chi connectivity index (χ4v) is 1.57. The van der Waals surface area contributed by atoms with Crippen molar-refractivity contribution in [2.45, 2.75) is 32.0 Å². The molecule has 0 unspecified atom stereocenters. The van der Waals surface area contributed by atoms with Crippen molar-refractivity contribution in [2.75, 3.05) is 7.11 Å². The quantitative estimate of drug-likeness (QED) is 0.832. The average Bonchev–Trinajstić information content (AvgIpc) is 3.09. The third kappa shape index (κ3) is 3.56. The minimum Gasteiger partial charge on any atom is -0.493 e. The van der Waals surface area contributed by atoms with Crippen molar-refractivity contribution >= 4 is 0 Å². The van der Waals surface area contributed by atoms with Crippen LogP contribution in [0.3, 0.4) is 0 Å². The second-order valence-corrected chi connectivity index (χ2v) is 4.02. The van der Waals surface area contributed by atoms with E-state index in [2.05, 4.69) is 10.1 Å². The Bertz CT molecular complexity index is 381. The Kier molecular flexibility index (Phi) is 3.78. The van der Waals surface area contributed by atoms with Crippen molar-refractivity contribution in [3.63, 3.8) is 0 Å². The molecule has 17 heavy (non-hydrogen) atoms. The lowest BCUT2D eigenvalue weighted by Crippen LogP contribution is -2.15. The zero-order chi connectivity index (χ0) is 12.3. The molecule has 1 aliphatic rings.